The van der Waals surface area contributed by atoms with Crippen LogP contribution in [0.2, 0.25) is 0 Å². The van der Waals surface area contributed by atoms with Crippen molar-refractivity contribution in [2.45, 2.75) is 26.4 Å². The van der Waals surface area contributed by atoms with Gasteiger partial charge in [0.15, 0.2) is 0 Å². The summed E-state index contributed by atoms with van der Waals surface area (Å²) in [6, 6.07) is 16.4. The van der Waals surface area contributed by atoms with Crippen molar-refractivity contribution in [2.24, 2.45) is 0 Å². The predicted molar refractivity (Wildman–Crippen MR) is 104 cm³/mol. The second-order valence-corrected chi connectivity index (χ2v) is 7.45. The van der Waals surface area contributed by atoms with E-state index in [1.165, 1.54) is 16.7 Å². The highest BCUT2D eigenvalue weighted by molar-refractivity contribution is 5.85. The lowest BCUT2D eigenvalue weighted by Crippen LogP contribution is -2.44. The molecule has 5 nitrogen and oxygen atoms in total. The molecule has 0 spiro atoms. The topological polar surface area (TPSA) is 43.9 Å². The maximum Gasteiger partial charge on any atom is 0.320 e. The highest BCUT2D eigenvalue weighted by Crippen LogP contribution is 2.20. The van der Waals surface area contributed by atoms with Crippen LogP contribution in [0.5, 0.6) is 0 Å². The number of amides is 3. The van der Waals surface area contributed by atoms with E-state index >= 15 is 0 Å². The molecule has 140 valence electrons. The molecule has 2 aromatic carbocycles. The molecule has 1 saturated heterocycles. The zero-order chi connectivity index (χ0) is 18.8. The Labute approximate surface area is 160 Å². The number of carbonyl (C=O) groups is 2. The van der Waals surface area contributed by atoms with Gasteiger partial charge < -0.3 is 14.7 Å². The molecule has 0 saturated carbocycles. The molecule has 2 aromatic rings. The molecular formula is C22H25N3O2. The van der Waals surface area contributed by atoms with Crippen LogP contribution in [0, 0.1) is 6.92 Å². The molecule has 1 fully saturated rings. The maximum absolute atomic E-state index is 12.7. The number of benzene rings is 2. The maximum atomic E-state index is 12.7. The van der Waals surface area contributed by atoms with Crippen molar-refractivity contribution in [2.75, 3.05) is 26.2 Å². The highest BCUT2D eigenvalue weighted by Gasteiger charge is 2.31. The first kappa shape index (κ1) is 17.6. The lowest BCUT2D eigenvalue weighted by Gasteiger charge is -2.30. The summed E-state index contributed by atoms with van der Waals surface area (Å²) in [4.78, 5) is 30.8. The minimum Gasteiger partial charge on any atom is -0.336 e. The van der Waals surface area contributed by atoms with E-state index in [4.69, 9.17) is 0 Å². The Morgan fingerprint density at radius 3 is 2.56 bits per heavy atom. The van der Waals surface area contributed by atoms with Gasteiger partial charge in [0, 0.05) is 32.7 Å². The summed E-state index contributed by atoms with van der Waals surface area (Å²) in [5, 5.41) is 0. The highest BCUT2D eigenvalue weighted by atomic mass is 16.2. The summed E-state index contributed by atoms with van der Waals surface area (Å²) in [7, 11) is 0. The van der Waals surface area contributed by atoms with Gasteiger partial charge in [0.1, 0.15) is 6.54 Å². The standard InChI is InChI=1S/C22H25N3O2/c1-17-5-4-6-18(13-17)14-24-11-12-25(22(24)27)16-21(26)23-10-9-19-7-2-3-8-20(19)15-23/h2-8,13H,9-12,14-16H2,1H3. The molecule has 0 bridgehead atoms. The third-order valence-electron chi connectivity index (χ3n) is 5.45. The molecule has 2 aliphatic rings. The minimum atomic E-state index is -0.0396. The average Bonchev–Trinajstić information content (AvgIpc) is 3.01. The van der Waals surface area contributed by atoms with Gasteiger partial charge in [-0.15, -0.1) is 0 Å². The summed E-state index contributed by atoms with van der Waals surface area (Å²) in [5.41, 5.74) is 4.86. The molecule has 0 N–H and O–H groups in total. The Morgan fingerprint density at radius 1 is 0.963 bits per heavy atom. The summed E-state index contributed by atoms with van der Waals surface area (Å²) in [5.74, 6) is 0.0373. The Kier molecular flexibility index (Phi) is 4.84. The number of aryl methyl sites for hydroxylation is 1. The first-order valence-electron chi connectivity index (χ1n) is 9.54. The van der Waals surface area contributed by atoms with E-state index in [0.29, 0.717) is 26.2 Å². The monoisotopic (exact) mass is 363 g/mol. The lowest BCUT2D eigenvalue weighted by atomic mass is 10.00. The fourth-order valence-electron chi connectivity index (χ4n) is 3.93. The van der Waals surface area contributed by atoms with E-state index < -0.39 is 0 Å². The van der Waals surface area contributed by atoms with Gasteiger partial charge in [0.05, 0.1) is 0 Å². The Hall–Kier alpha value is -2.82. The van der Waals surface area contributed by atoms with Crippen LogP contribution in [0.4, 0.5) is 4.79 Å². The van der Waals surface area contributed by atoms with Crippen LogP contribution in [0.15, 0.2) is 48.5 Å². The van der Waals surface area contributed by atoms with E-state index in [0.717, 1.165) is 18.5 Å². The number of urea groups is 1. The molecule has 0 aromatic heterocycles. The number of hydrogen-bond donors (Lipinski definition) is 0. The fraction of sp³-hybridized carbons (Fsp3) is 0.364. The van der Waals surface area contributed by atoms with Gasteiger partial charge in [-0.3, -0.25) is 4.79 Å². The lowest BCUT2D eigenvalue weighted by molar-refractivity contribution is -0.132. The first-order valence-corrected chi connectivity index (χ1v) is 9.54. The second kappa shape index (κ2) is 7.43. The third kappa shape index (κ3) is 3.82. The smallest absolute Gasteiger partial charge is 0.320 e. The number of nitrogens with zero attached hydrogens (tertiary/aromatic N) is 3. The third-order valence-corrected chi connectivity index (χ3v) is 5.45. The molecule has 0 atom stereocenters. The summed E-state index contributed by atoms with van der Waals surface area (Å²) in [6.45, 7) is 5.48. The van der Waals surface area contributed by atoms with Crippen molar-refractivity contribution >= 4 is 11.9 Å². The van der Waals surface area contributed by atoms with Gasteiger partial charge in [-0.2, -0.15) is 0 Å². The molecule has 2 aliphatic heterocycles. The van der Waals surface area contributed by atoms with Crippen LogP contribution >= 0.6 is 0 Å². The van der Waals surface area contributed by atoms with Gasteiger partial charge >= 0.3 is 6.03 Å². The normalized spacial score (nSPS) is 16.6. The molecule has 0 unspecified atom stereocenters. The van der Waals surface area contributed by atoms with Gasteiger partial charge in [0.25, 0.3) is 0 Å². The second-order valence-electron chi connectivity index (χ2n) is 7.45. The molecule has 4 rings (SSSR count). The van der Waals surface area contributed by atoms with Crippen LogP contribution in [-0.4, -0.2) is 52.8 Å². The van der Waals surface area contributed by atoms with E-state index in [1.54, 1.807) is 4.90 Å². The average molecular weight is 363 g/mol. The van der Waals surface area contributed by atoms with E-state index in [1.807, 2.05) is 34.1 Å². The van der Waals surface area contributed by atoms with Crippen molar-refractivity contribution in [1.29, 1.82) is 0 Å². The zero-order valence-electron chi connectivity index (χ0n) is 15.7. The largest absolute Gasteiger partial charge is 0.336 e. The zero-order valence-corrected chi connectivity index (χ0v) is 15.7. The summed E-state index contributed by atoms with van der Waals surface area (Å²) in [6.07, 6.45) is 0.884. The Bertz CT molecular complexity index is 864. The molecule has 27 heavy (non-hydrogen) atoms. The molecule has 2 heterocycles. The molecule has 0 radical (unpaired) electrons. The van der Waals surface area contributed by atoms with Gasteiger partial charge in [0.2, 0.25) is 5.91 Å². The summed E-state index contributed by atoms with van der Waals surface area (Å²) >= 11 is 0. The van der Waals surface area contributed by atoms with Crippen molar-refractivity contribution in [3.8, 4) is 0 Å². The number of rotatable bonds is 4. The molecule has 0 aliphatic carbocycles. The van der Waals surface area contributed by atoms with Crippen molar-refractivity contribution < 1.29 is 9.59 Å². The van der Waals surface area contributed by atoms with E-state index in [-0.39, 0.29) is 18.5 Å². The van der Waals surface area contributed by atoms with Gasteiger partial charge in [-0.05, 0) is 30.0 Å². The van der Waals surface area contributed by atoms with Crippen LogP contribution in [0.25, 0.3) is 0 Å². The predicted octanol–water partition coefficient (Wildman–Crippen LogP) is 2.82. The molecular weight excluding hydrogens is 338 g/mol. The van der Waals surface area contributed by atoms with E-state index in [9.17, 15) is 9.59 Å². The van der Waals surface area contributed by atoms with Crippen LogP contribution in [0.1, 0.15) is 22.3 Å². The minimum absolute atomic E-state index is 0.0373. The fourth-order valence-corrected chi connectivity index (χ4v) is 3.93. The Balaban J connectivity index is 1.35. The summed E-state index contributed by atoms with van der Waals surface area (Å²) < 4.78 is 0. The SMILES string of the molecule is Cc1cccc(CN2CCN(CC(=O)N3CCc4ccccc4C3)C2=O)c1. The van der Waals surface area contributed by atoms with Crippen molar-refractivity contribution in [1.82, 2.24) is 14.7 Å². The quantitative estimate of drug-likeness (QED) is 0.838. The first-order chi connectivity index (χ1) is 13.1. The Morgan fingerprint density at radius 2 is 1.74 bits per heavy atom. The van der Waals surface area contributed by atoms with Crippen LogP contribution < -0.4 is 0 Å². The van der Waals surface area contributed by atoms with Crippen LogP contribution in [0.3, 0.4) is 0 Å². The molecule has 3 amide bonds. The van der Waals surface area contributed by atoms with Crippen LogP contribution in [-0.2, 0) is 24.3 Å². The molecule has 5 heteroatoms. The number of carbonyl (C=O) groups excluding carboxylic acids is 2. The van der Waals surface area contributed by atoms with E-state index in [2.05, 4.69) is 31.2 Å². The van der Waals surface area contributed by atoms with Gasteiger partial charge in [-0.25, -0.2) is 4.79 Å². The number of hydrogen-bond acceptors (Lipinski definition) is 2. The number of fused-ring (bicyclic) bond motifs is 1. The van der Waals surface area contributed by atoms with Crippen molar-refractivity contribution in [3.63, 3.8) is 0 Å². The van der Waals surface area contributed by atoms with Gasteiger partial charge in [-0.1, -0.05) is 54.1 Å². The van der Waals surface area contributed by atoms with Crippen molar-refractivity contribution in [3.05, 3.63) is 70.8 Å².